The van der Waals surface area contributed by atoms with Gasteiger partial charge in [-0.3, -0.25) is 14.7 Å². The number of carbonyl (C=O) groups is 2. The molecule has 1 saturated heterocycles. The molecule has 1 fully saturated rings. The van der Waals surface area contributed by atoms with Crippen LogP contribution >= 0.6 is 0 Å². The SMILES string of the molecule is CCc1cc(N2C(=O)CN(c3cncc(C(F)(F)F)c3)C2=O)ccc1Oc1ccnc(N)n1. The van der Waals surface area contributed by atoms with Crippen LogP contribution in [0.25, 0.3) is 0 Å². The van der Waals surface area contributed by atoms with Crippen molar-refractivity contribution in [3.8, 4) is 11.6 Å². The third-order valence-electron chi connectivity index (χ3n) is 4.87. The Hall–Kier alpha value is -4.22. The van der Waals surface area contributed by atoms with Crippen molar-refractivity contribution in [2.75, 3.05) is 22.1 Å². The van der Waals surface area contributed by atoms with Crippen LogP contribution in [-0.2, 0) is 17.4 Å². The number of aryl methyl sites for hydroxylation is 1. The minimum Gasteiger partial charge on any atom is -0.439 e. The minimum atomic E-state index is -4.63. The number of urea groups is 1. The summed E-state index contributed by atoms with van der Waals surface area (Å²) in [4.78, 5) is 38.7. The van der Waals surface area contributed by atoms with Gasteiger partial charge in [-0.25, -0.2) is 14.7 Å². The van der Waals surface area contributed by atoms with Gasteiger partial charge in [0.15, 0.2) is 0 Å². The first-order chi connectivity index (χ1) is 15.7. The van der Waals surface area contributed by atoms with Crippen LogP contribution in [0.15, 0.2) is 48.9 Å². The standard InChI is InChI=1S/C21H17F3N6O3/c1-2-12-7-14(3-4-16(12)33-17-5-6-27-19(25)28-17)30-18(31)11-29(20(30)32)15-8-13(9-26-10-15)21(22,23)24/h3-10H,2,11H2,1H3,(H2,25,27,28). The van der Waals surface area contributed by atoms with Crippen LogP contribution in [0.1, 0.15) is 18.1 Å². The maximum absolute atomic E-state index is 13.0. The molecule has 0 unspecified atom stereocenters. The van der Waals surface area contributed by atoms with Crippen LogP contribution in [-0.4, -0.2) is 33.4 Å². The maximum Gasteiger partial charge on any atom is 0.417 e. The lowest BCUT2D eigenvalue weighted by Crippen LogP contribution is -2.33. The number of amides is 3. The lowest BCUT2D eigenvalue weighted by atomic mass is 10.1. The number of halogens is 3. The van der Waals surface area contributed by atoms with Gasteiger partial charge < -0.3 is 10.5 Å². The predicted octanol–water partition coefficient (Wildman–Crippen LogP) is 3.80. The highest BCUT2D eigenvalue weighted by Crippen LogP contribution is 2.34. The number of pyridine rings is 1. The van der Waals surface area contributed by atoms with Gasteiger partial charge in [0.05, 0.1) is 23.1 Å². The molecular formula is C21H17F3N6O3. The minimum absolute atomic E-state index is 0.0413. The Morgan fingerprint density at radius 2 is 1.91 bits per heavy atom. The summed E-state index contributed by atoms with van der Waals surface area (Å²) in [5.74, 6) is 0.121. The number of nitrogens with zero attached hydrogens (tertiary/aromatic N) is 5. The first kappa shape index (κ1) is 22.0. The number of anilines is 3. The fraction of sp³-hybridized carbons (Fsp3) is 0.190. The Morgan fingerprint density at radius 1 is 1.12 bits per heavy atom. The van der Waals surface area contributed by atoms with Crippen LogP contribution in [0, 0.1) is 0 Å². The summed E-state index contributed by atoms with van der Waals surface area (Å²) in [6.07, 6.45) is -0.930. The first-order valence-corrected chi connectivity index (χ1v) is 9.73. The summed E-state index contributed by atoms with van der Waals surface area (Å²) in [7, 11) is 0. The highest BCUT2D eigenvalue weighted by Gasteiger charge is 2.39. The topological polar surface area (TPSA) is 115 Å². The van der Waals surface area contributed by atoms with Crippen molar-refractivity contribution < 1.29 is 27.5 Å². The van der Waals surface area contributed by atoms with E-state index in [-0.39, 0.29) is 23.2 Å². The highest BCUT2D eigenvalue weighted by atomic mass is 19.4. The summed E-state index contributed by atoms with van der Waals surface area (Å²) in [6.45, 7) is 1.44. The second-order valence-electron chi connectivity index (χ2n) is 7.03. The third-order valence-corrected chi connectivity index (χ3v) is 4.87. The zero-order chi connectivity index (χ0) is 23.8. The molecule has 0 atom stereocenters. The number of aromatic nitrogens is 3. The molecule has 3 aromatic rings. The average molecular weight is 458 g/mol. The Morgan fingerprint density at radius 3 is 2.61 bits per heavy atom. The van der Waals surface area contributed by atoms with Crippen molar-refractivity contribution >= 4 is 29.3 Å². The number of nitrogen functional groups attached to an aromatic ring is 1. The van der Waals surface area contributed by atoms with Crippen LogP contribution in [0.3, 0.4) is 0 Å². The molecule has 2 N–H and O–H groups in total. The lowest BCUT2D eigenvalue weighted by molar-refractivity contribution is -0.137. The molecule has 9 nitrogen and oxygen atoms in total. The molecule has 33 heavy (non-hydrogen) atoms. The predicted molar refractivity (Wildman–Crippen MR) is 112 cm³/mol. The van der Waals surface area contributed by atoms with E-state index < -0.39 is 30.2 Å². The van der Waals surface area contributed by atoms with Gasteiger partial charge in [0.25, 0.3) is 5.91 Å². The molecular weight excluding hydrogens is 441 g/mol. The summed E-state index contributed by atoms with van der Waals surface area (Å²) >= 11 is 0. The van der Waals surface area contributed by atoms with E-state index >= 15 is 0 Å². The van der Waals surface area contributed by atoms with Crippen molar-refractivity contribution in [1.82, 2.24) is 15.0 Å². The number of nitrogens with two attached hydrogens (primary N) is 1. The van der Waals surface area contributed by atoms with Gasteiger partial charge in [-0.05, 0) is 36.2 Å². The molecule has 0 aliphatic carbocycles. The Balaban J connectivity index is 1.61. The van der Waals surface area contributed by atoms with E-state index in [0.717, 1.165) is 22.1 Å². The molecule has 0 spiro atoms. The van der Waals surface area contributed by atoms with E-state index in [2.05, 4.69) is 15.0 Å². The number of hydrogen-bond donors (Lipinski definition) is 1. The Labute approximate surface area is 185 Å². The van der Waals surface area contributed by atoms with Crippen LogP contribution in [0.4, 0.5) is 35.3 Å². The zero-order valence-electron chi connectivity index (χ0n) is 17.2. The Bertz CT molecular complexity index is 1230. The summed E-state index contributed by atoms with van der Waals surface area (Å²) in [6, 6.07) is 6.20. The second kappa shape index (κ2) is 8.37. The van der Waals surface area contributed by atoms with E-state index in [1.54, 1.807) is 12.1 Å². The number of benzene rings is 1. The summed E-state index contributed by atoms with van der Waals surface area (Å²) in [5, 5.41) is 0. The molecule has 1 aliphatic heterocycles. The third kappa shape index (κ3) is 4.40. The van der Waals surface area contributed by atoms with E-state index in [1.165, 1.54) is 18.3 Å². The number of alkyl halides is 3. The van der Waals surface area contributed by atoms with Crippen molar-refractivity contribution in [2.24, 2.45) is 0 Å². The number of rotatable bonds is 5. The van der Waals surface area contributed by atoms with Gasteiger partial charge in [0, 0.05) is 18.5 Å². The highest BCUT2D eigenvalue weighted by molar-refractivity contribution is 6.26. The molecule has 3 amide bonds. The number of hydrogen-bond acceptors (Lipinski definition) is 7. The zero-order valence-corrected chi connectivity index (χ0v) is 17.2. The first-order valence-electron chi connectivity index (χ1n) is 9.73. The van der Waals surface area contributed by atoms with Crippen molar-refractivity contribution in [3.05, 3.63) is 60.0 Å². The van der Waals surface area contributed by atoms with Gasteiger partial charge in [-0.15, -0.1) is 0 Å². The molecule has 12 heteroatoms. The van der Waals surface area contributed by atoms with Gasteiger partial charge in [-0.2, -0.15) is 18.2 Å². The largest absolute Gasteiger partial charge is 0.439 e. The average Bonchev–Trinajstić information content (AvgIpc) is 3.07. The smallest absolute Gasteiger partial charge is 0.417 e. The van der Waals surface area contributed by atoms with E-state index in [4.69, 9.17) is 10.5 Å². The lowest BCUT2D eigenvalue weighted by Gasteiger charge is -2.19. The van der Waals surface area contributed by atoms with Crippen LogP contribution < -0.4 is 20.3 Å². The van der Waals surface area contributed by atoms with Gasteiger partial charge in [0.2, 0.25) is 11.8 Å². The fourth-order valence-corrected chi connectivity index (χ4v) is 3.29. The molecule has 0 bridgehead atoms. The molecule has 2 aromatic heterocycles. The van der Waals surface area contributed by atoms with Gasteiger partial charge in [-0.1, -0.05) is 6.92 Å². The van der Waals surface area contributed by atoms with Crippen molar-refractivity contribution in [2.45, 2.75) is 19.5 Å². The molecule has 170 valence electrons. The summed E-state index contributed by atoms with van der Waals surface area (Å²) in [5.41, 5.74) is 5.36. The quantitative estimate of drug-likeness (QED) is 0.579. The molecule has 3 heterocycles. The molecule has 1 aliphatic rings. The van der Waals surface area contributed by atoms with Crippen LogP contribution in [0.5, 0.6) is 11.6 Å². The normalized spacial score (nSPS) is 14.2. The Kier molecular flexibility index (Phi) is 5.58. The van der Waals surface area contributed by atoms with Crippen molar-refractivity contribution in [3.63, 3.8) is 0 Å². The fourth-order valence-electron chi connectivity index (χ4n) is 3.29. The maximum atomic E-state index is 13.0. The van der Waals surface area contributed by atoms with E-state index in [1.807, 2.05) is 6.92 Å². The second-order valence-corrected chi connectivity index (χ2v) is 7.03. The van der Waals surface area contributed by atoms with Gasteiger partial charge >= 0.3 is 12.2 Å². The molecule has 1 aromatic carbocycles. The summed E-state index contributed by atoms with van der Waals surface area (Å²) < 4.78 is 44.8. The number of carbonyl (C=O) groups excluding carboxylic acids is 2. The molecule has 4 rings (SSSR count). The van der Waals surface area contributed by atoms with E-state index in [0.29, 0.717) is 23.9 Å². The van der Waals surface area contributed by atoms with Gasteiger partial charge in [0.1, 0.15) is 12.3 Å². The molecule has 0 radical (unpaired) electrons. The van der Waals surface area contributed by atoms with Crippen LogP contribution in [0.2, 0.25) is 0 Å². The molecule has 0 saturated carbocycles. The number of ether oxygens (including phenoxy) is 1. The number of imide groups is 1. The monoisotopic (exact) mass is 458 g/mol. The van der Waals surface area contributed by atoms with E-state index in [9.17, 15) is 22.8 Å². The van der Waals surface area contributed by atoms with Crippen molar-refractivity contribution in [1.29, 1.82) is 0 Å².